The molecule has 0 bridgehead atoms. The third kappa shape index (κ3) is 4.07. The highest BCUT2D eigenvalue weighted by atomic mass is 32.1. The molecule has 2 N–H and O–H groups in total. The Labute approximate surface area is 211 Å². The molecule has 0 aliphatic carbocycles. The van der Waals surface area contributed by atoms with Crippen LogP contribution < -0.4 is 5.73 Å². The molecular formula is C27H24FN5O2S. The summed E-state index contributed by atoms with van der Waals surface area (Å²) in [4.78, 5) is 16.7. The lowest BCUT2D eigenvalue weighted by Gasteiger charge is -2.30. The van der Waals surface area contributed by atoms with Gasteiger partial charge in [0.25, 0.3) is 5.91 Å². The molecule has 2 aromatic carbocycles. The topological polar surface area (TPSA) is 97.2 Å². The van der Waals surface area contributed by atoms with Gasteiger partial charge in [-0.25, -0.2) is 4.39 Å². The van der Waals surface area contributed by atoms with E-state index in [9.17, 15) is 9.18 Å². The monoisotopic (exact) mass is 501 g/mol. The number of carbonyl (C=O) groups is 1. The zero-order valence-corrected chi connectivity index (χ0v) is 20.3. The largest absolute Gasteiger partial charge is 0.377 e. The molecule has 36 heavy (non-hydrogen) atoms. The van der Waals surface area contributed by atoms with Crippen LogP contribution in [0.3, 0.4) is 0 Å². The number of aromatic nitrogens is 2. The van der Waals surface area contributed by atoms with Crippen molar-refractivity contribution >= 4 is 28.1 Å². The SMILES string of the molecule is N#Cc1ccc(-c2cc(C(=O)N3CCC[C@@H](N)C3)sc2-c2ccc3nn(C4COC4)cc3c2)cc1F. The molecule has 4 aromatic rings. The summed E-state index contributed by atoms with van der Waals surface area (Å²) < 4.78 is 21.8. The Morgan fingerprint density at radius 2 is 2.03 bits per heavy atom. The average Bonchev–Trinajstić information content (AvgIpc) is 3.46. The number of carbonyl (C=O) groups excluding carboxylic acids is 1. The van der Waals surface area contributed by atoms with Crippen molar-refractivity contribution in [3.05, 3.63) is 64.9 Å². The molecule has 2 fully saturated rings. The quantitative estimate of drug-likeness (QED) is 0.442. The van der Waals surface area contributed by atoms with Crippen LogP contribution in [0.25, 0.3) is 32.5 Å². The number of benzene rings is 2. The molecule has 7 nitrogen and oxygen atoms in total. The predicted molar refractivity (Wildman–Crippen MR) is 136 cm³/mol. The summed E-state index contributed by atoms with van der Waals surface area (Å²) in [6.07, 6.45) is 3.81. The van der Waals surface area contributed by atoms with E-state index in [2.05, 4.69) is 11.2 Å². The molecular weight excluding hydrogens is 477 g/mol. The third-order valence-corrected chi connectivity index (χ3v) is 8.04. The maximum Gasteiger partial charge on any atom is 0.264 e. The molecule has 0 unspecified atom stereocenters. The predicted octanol–water partition coefficient (Wildman–Crippen LogP) is 4.58. The normalized spacial score (nSPS) is 18.2. The Kier molecular flexibility index (Phi) is 5.80. The minimum Gasteiger partial charge on any atom is -0.377 e. The fourth-order valence-electron chi connectivity index (χ4n) is 4.80. The number of ether oxygens (including phenoxy) is 1. The molecule has 2 saturated heterocycles. The summed E-state index contributed by atoms with van der Waals surface area (Å²) in [5, 5.41) is 14.8. The van der Waals surface area contributed by atoms with Gasteiger partial charge >= 0.3 is 0 Å². The molecule has 2 aliphatic heterocycles. The first-order chi connectivity index (χ1) is 17.5. The van der Waals surface area contributed by atoms with Crippen molar-refractivity contribution in [3.8, 4) is 27.6 Å². The van der Waals surface area contributed by atoms with Crippen molar-refractivity contribution in [3.63, 3.8) is 0 Å². The molecule has 0 saturated carbocycles. The highest BCUT2D eigenvalue weighted by Crippen LogP contribution is 2.41. The number of thiophene rings is 1. The second-order valence-electron chi connectivity index (χ2n) is 9.39. The molecule has 182 valence electrons. The number of hydrogen-bond acceptors (Lipinski definition) is 6. The first-order valence-electron chi connectivity index (χ1n) is 12.0. The van der Waals surface area contributed by atoms with Crippen molar-refractivity contribution in [1.82, 2.24) is 14.7 Å². The van der Waals surface area contributed by atoms with E-state index in [0.717, 1.165) is 39.7 Å². The smallest absolute Gasteiger partial charge is 0.264 e. The maximum absolute atomic E-state index is 14.6. The van der Waals surface area contributed by atoms with Crippen molar-refractivity contribution in [2.24, 2.45) is 5.73 Å². The van der Waals surface area contributed by atoms with Crippen LogP contribution in [0.15, 0.2) is 48.7 Å². The second-order valence-corrected chi connectivity index (χ2v) is 10.4. The minimum atomic E-state index is -0.582. The van der Waals surface area contributed by atoms with Gasteiger partial charge in [0.05, 0.1) is 35.2 Å². The van der Waals surface area contributed by atoms with Crippen LogP contribution in [0.1, 0.15) is 34.1 Å². The van der Waals surface area contributed by atoms with Gasteiger partial charge in [-0.3, -0.25) is 9.48 Å². The van der Waals surface area contributed by atoms with Crippen molar-refractivity contribution in [2.45, 2.75) is 24.9 Å². The number of fused-ring (bicyclic) bond motifs is 1. The molecule has 1 amide bonds. The fourth-order valence-corrected chi connectivity index (χ4v) is 5.94. The Morgan fingerprint density at radius 3 is 2.75 bits per heavy atom. The lowest BCUT2D eigenvalue weighted by atomic mass is 10.00. The number of amides is 1. The lowest BCUT2D eigenvalue weighted by molar-refractivity contribution is -0.0283. The third-order valence-electron chi connectivity index (χ3n) is 6.87. The van der Waals surface area contributed by atoms with Crippen LogP contribution in [-0.4, -0.2) is 52.9 Å². The fraction of sp³-hybridized carbons (Fsp3) is 0.296. The molecule has 2 aliphatic rings. The summed E-state index contributed by atoms with van der Waals surface area (Å²) in [6.45, 7) is 2.52. The number of piperidine rings is 1. The molecule has 6 rings (SSSR count). The summed E-state index contributed by atoms with van der Waals surface area (Å²) >= 11 is 1.40. The molecule has 1 atom stereocenters. The molecule has 9 heteroatoms. The molecule has 4 heterocycles. The Balaban J connectivity index is 1.44. The van der Waals surface area contributed by atoms with Gasteiger partial charge in [-0.15, -0.1) is 11.3 Å². The molecule has 0 radical (unpaired) electrons. The molecule has 2 aromatic heterocycles. The van der Waals surface area contributed by atoms with Gasteiger partial charge in [0.1, 0.15) is 11.9 Å². The van der Waals surface area contributed by atoms with E-state index in [1.807, 2.05) is 35.1 Å². The number of halogens is 1. The van der Waals surface area contributed by atoms with E-state index in [1.165, 1.54) is 23.5 Å². The second kappa shape index (κ2) is 9.13. The lowest BCUT2D eigenvalue weighted by Crippen LogP contribution is -2.45. The minimum absolute atomic E-state index is 0.0112. The Morgan fingerprint density at radius 1 is 1.19 bits per heavy atom. The Hall–Kier alpha value is -3.58. The van der Waals surface area contributed by atoms with Crippen LogP contribution in [-0.2, 0) is 4.74 Å². The van der Waals surface area contributed by atoms with Gasteiger partial charge in [-0.05, 0) is 54.3 Å². The number of nitriles is 1. The highest BCUT2D eigenvalue weighted by molar-refractivity contribution is 7.18. The zero-order valence-electron chi connectivity index (χ0n) is 19.5. The first kappa shape index (κ1) is 22.9. The van der Waals surface area contributed by atoms with E-state index < -0.39 is 5.82 Å². The van der Waals surface area contributed by atoms with Crippen LogP contribution in [0.5, 0.6) is 0 Å². The van der Waals surface area contributed by atoms with Gasteiger partial charge in [-0.2, -0.15) is 10.4 Å². The van der Waals surface area contributed by atoms with Gasteiger partial charge in [0.2, 0.25) is 0 Å². The summed E-state index contributed by atoms with van der Waals surface area (Å²) in [7, 11) is 0. The summed E-state index contributed by atoms with van der Waals surface area (Å²) in [6, 6.07) is 14.5. The Bertz CT molecular complexity index is 1520. The van der Waals surface area contributed by atoms with Crippen molar-refractivity contribution < 1.29 is 13.9 Å². The average molecular weight is 502 g/mol. The number of hydrogen-bond donors (Lipinski definition) is 1. The van der Waals surface area contributed by atoms with Crippen LogP contribution in [0.2, 0.25) is 0 Å². The summed E-state index contributed by atoms with van der Waals surface area (Å²) in [5.41, 5.74) is 9.29. The number of nitrogens with zero attached hydrogens (tertiary/aromatic N) is 4. The van der Waals surface area contributed by atoms with Crippen LogP contribution in [0.4, 0.5) is 4.39 Å². The number of nitrogens with two attached hydrogens (primary N) is 1. The van der Waals surface area contributed by atoms with E-state index in [4.69, 9.17) is 15.7 Å². The van der Waals surface area contributed by atoms with Gasteiger partial charge < -0.3 is 15.4 Å². The number of likely N-dealkylation sites (tertiary alicyclic amines) is 1. The highest BCUT2D eigenvalue weighted by Gasteiger charge is 2.26. The van der Waals surface area contributed by atoms with Crippen LogP contribution in [0, 0.1) is 17.1 Å². The van der Waals surface area contributed by atoms with Gasteiger partial charge in [0, 0.05) is 41.2 Å². The number of rotatable bonds is 4. The van der Waals surface area contributed by atoms with E-state index in [1.54, 1.807) is 11.0 Å². The molecule has 0 spiro atoms. The van der Waals surface area contributed by atoms with Crippen LogP contribution >= 0.6 is 11.3 Å². The van der Waals surface area contributed by atoms with E-state index >= 15 is 0 Å². The standard InChI is InChI=1S/C27H24FN5O2S/c28-23-9-16(3-4-18(23)11-29)22-10-25(27(34)32-7-1-2-20(30)13-32)36-26(22)17-5-6-24-19(8-17)12-33(31-24)21-14-35-15-21/h3-6,8-10,12,20-21H,1-2,7,13-15,30H2/t20-/m1/s1. The maximum atomic E-state index is 14.6. The zero-order chi connectivity index (χ0) is 24.8. The van der Waals surface area contributed by atoms with Gasteiger partial charge in [0.15, 0.2) is 0 Å². The van der Waals surface area contributed by atoms with E-state index in [0.29, 0.717) is 36.7 Å². The van der Waals surface area contributed by atoms with Gasteiger partial charge in [-0.1, -0.05) is 12.1 Å². The van der Waals surface area contributed by atoms with Crippen molar-refractivity contribution in [1.29, 1.82) is 5.26 Å². The van der Waals surface area contributed by atoms with E-state index in [-0.39, 0.29) is 23.6 Å². The summed E-state index contributed by atoms with van der Waals surface area (Å²) in [5.74, 6) is -0.642. The van der Waals surface area contributed by atoms with Crippen molar-refractivity contribution in [2.75, 3.05) is 26.3 Å². The first-order valence-corrected chi connectivity index (χ1v) is 12.8.